The van der Waals surface area contributed by atoms with E-state index in [1.165, 1.54) is 24.1 Å². The van der Waals surface area contributed by atoms with Gasteiger partial charge in [0.05, 0.1) is 24.3 Å². The third kappa shape index (κ3) is 5.45. The number of amides is 2. The quantitative estimate of drug-likeness (QED) is 0.273. The minimum atomic E-state index is -4.45. The number of hydrogen-bond acceptors (Lipinski definition) is 7. The molecule has 220 valence electrons. The third-order valence-electron chi connectivity index (χ3n) is 7.29. The van der Waals surface area contributed by atoms with Crippen LogP contribution in [0, 0.1) is 0 Å². The topological polar surface area (TPSA) is 92.3 Å². The molecule has 15 heteroatoms. The van der Waals surface area contributed by atoms with Crippen molar-refractivity contribution >= 4 is 32.8 Å². The summed E-state index contributed by atoms with van der Waals surface area (Å²) in [6.45, 7) is 0.702. The first kappa shape index (κ1) is 28.2. The third-order valence-corrected chi connectivity index (χ3v) is 8.16. The van der Waals surface area contributed by atoms with Gasteiger partial charge in [0.2, 0.25) is 5.88 Å². The Kier molecular flexibility index (Phi) is 6.96. The first-order valence-corrected chi connectivity index (χ1v) is 13.6. The minimum Gasteiger partial charge on any atom is -0.479 e. The number of halogens is 6. The molecular weight excluding hydrogens is 586 g/mol. The molecule has 4 heterocycles. The average molecular weight is 609 g/mol. The Balaban J connectivity index is 1.20. The van der Waals surface area contributed by atoms with E-state index in [9.17, 15) is 31.1 Å². The lowest BCUT2D eigenvalue weighted by molar-refractivity contribution is -0.138. The van der Waals surface area contributed by atoms with E-state index in [4.69, 9.17) is 4.74 Å². The van der Waals surface area contributed by atoms with Crippen molar-refractivity contribution in [1.29, 1.82) is 0 Å². The monoisotopic (exact) mass is 608 g/mol. The second-order valence-electron chi connectivity index (χ2n) is 9.97. The second-order valence-corrected chi connectivity index (χ2v) is 10.9. The van der Waals surface area contributed by atoms with Gasteiger partial charge in [-0.3, -0.25) is 5.32 Å². The van der Waals surface area contributed by atoms with E-state index in [2.05, 4.69) is 25.6 Å². The van der Waals surface area contributed by atoms with Gasteiger partial charge in [-0.15, -0.1) is 0 Å². The zero-order valence-corrected chi connectivity index (χ0v) is 22.7. The van der Waals surface area contributed by atoms with Crippen LogP contribution in [0.15, 0.2) is 36.4 Å². The van der Waals surface area contributed by atoms with Crippen molar-refractivity contribution in [1.82, 2.24) is 25.2 Å². The number of nitrogens with zero attached hydrogens (tertiary/aromatic N) is 4. The van der Waals surface area contributed by atoms with Crippen molar-refractivity contribution < 1.29 is 35.9 Å². The van der Waals surface area contributed by atoms with Gasteiger partial charge in [-0.05, 0) is 59.4 Å². The highest BCUT2D eigenvalue weighted by Gasteiger charge is 2.34. The normalized spacial score (nSPS) is 17.1. The number of nitrogens with one attached hydrogen (secondary N) is 2. The van der Waals surface area contributed by atoms with Crippen molar-refractivity contribution in [2.45, 2.75) is 44.3 Å². The van der Waals surface area contributed by atoms with Crippen LogP contribution < -0.4 is 15.4 Å². The highest BCUT2D eigenvalue weighted by Crippen LogP contribution is 2.36. The molecule has 0 bridgehead atoms. The van der Waals surface area contributed by atoms with E-state index >= 15 is 0 Å². The molecule has 0 fully saturated rings. The van der Waals surface area contributed by atoms with Crippen LogP contribution in [0.25, 0.3) is 10.3 Å². The van der Waals surface area contributed by atoms with Gasteiger partial charge in [-0.1, -0.05) is 23.5 Å². The Hall–Kier alpha value is -3.98. The summed E-state index contributed by atoms with van der Waals surface area (Å²) in [6.07, 6.45) is -8.38. The predicted octanol–water partition coefficient (Wildman–Crippen LogP) is 6.11. The number of benzene rings is 2. The zero-order chi connectivity index (χ0) is 29.8. The fourth-order valence-electron chi connectivity index (χ4n) is 5.11. The number of carbonyl (C=O) groups is 1. The van der Waals surface area contributed by atoms with Crippen LogP contribution in [0.3, 0.4) is 0 Å². The van der Waals surface area contributed by atoms with E-state index in [0.29, 0.717) is 39.4 Å². The molecule has 0 saturated heterocycles. The second kappa shape index (κ2) is 10.4. The lowest BCUT2D eigenvalue weighted by Crippen LogP contribution is -2.39. The largest absolute Gasteiger partial charge is 0.479 e. The SMILES string of the molecule is COc1nc(C2Cc3cc(C(F)(F)F)ccc3CN2)nc2sc(NC(=O)N3CCc4cc(C(F)(F)F)ccc4C3)nc12. The number of methoxy groups -OCH3 is 1. The van der Waals surface area contributed by atoms with E-state index in [1.807, 2.05) is 0 Å². The summed E-state index contributed by atoms with van der Waals surface area (Å²) in [7, 11) is 1.40. The minimum absolute atomic E-state index is 0.141. The number of urea groups is 1. The molecule has 2 aliphatic heterocycles. The van der Waals surface area contributed by atoms with E-state index in [0.717, 1.165) is 41.2 Å². The maximum Gasteiger partial charge on any atom is 0.416 e. The van der Waals surface area contributed by atoms with Gasteiger partial charge in [0.15, 0.2) is 21.3 Å². The highest BCUT2D eigenvalue weighted by molar-refractivity contribution is 7.22. The number of anilines is 1. The first-order chi connectivity index (χ1) is 19.9. The summed E-state index contributed by atoms with van der Waals surface area (Å²) in [4.78, 5) is 28.3. The summed E-state index contributed by atoms with van der Waals surface area (Å²) in [5.41, 5.74) is 1.36. The standard InChI is InChI=1S/C27H22F6N6O2S/c1-41-22-20-23(37-21(36-22)19-10-16-9-18(27(31,32)33)4-2-14(16)11-34-19)42-24(35-20)38-25(40)39-7-6-13-8-17(26(28,29)30)5-3-15(13)12-39/h2-5,8-9,19,34H,6-7,10-12H2,1H3,(H,35,38,40). The Bertz CT molecular complexity index is 1690. The van der Waals surface area contributed by atoms with Crippen molar-refractivity contribution in [2.24, 2.45) is 0 Å². The molecule has 4 aromatic rings. The Morgan fingerprint density at radius 1 is 0.976 bits per heavy atom. The number of fused-ring (bicyclic) bond motifs is 3. The number of rotatable bonds is 3. The number of ether oxygens (including phenoxy) is 1. The maximum atomic E-state index is 13.2. The van der Waals surface area contributed by atoms with Crippen LogP contribution in [0.4, 0.5) is 36.3 Å². The fourth-order valence-corrected chi connectivity index (χ4v) is 5.94. The molecule has 0 saturated carbocycles. The molecule has 0 spiro atoms. The lowest BCUT2D eigenvalue weighted by Gasteiger charge is -2.29. The van der Waals surface area contributed by atoms with Crippen molar-refractivity contribution in [3.63, 3.8) is 0 Å². The van der Waals surface area contributed by atoms with Crippen LogP contribution in [0.1, 0.15) is 45.2 Å². The molecular formula is C27H22F6N6O2S. The zero-order valence-electron chi connectivity index (χ0n) is 21.9. The summed E-state index contributed by atoms with van der Waals surface area (Å²) in [5.74, 6) is 0.463. The summed E-state index contributed by atoms with van der Waals surface area (Å²) < 4.78 is 84.3. The van der Waals surface area contributed by atoms with Gasteiger partial charge in [-0.25, -0.2) is 14.8 Å². The van der Waals surface area contributed by atoms with Crippen LogP contribution in [0.2, 0.25) is 0 Å². The Labute approximate surface area is 238 Å². The fraction of sp³-hybridized carbons (Fsp3) is 0.333. The van der Waals surface area contributed by atoms with Crippen LogP contribution in [0.5, 0.6) is 5.88 Å². The van der Waals surface area contributed by atoms with Gasteiger partial charge in [-0.2, -0.15) is 31.3 Å². The number of aromatic nitrogens is 3. The highest BCUT2D eigenvalue weighted by atomic mass is 32.1. The molecule has 6 rings (SSSR count). The predicted molar refractivity (Wildman–Crippen MR) is 141 cm³/mol. The maximum absolute atomic E-state index is 13.2. The van der Waals surface area contributed by atoms with E-state index in [-0.39, 0.29) is 36.9 Å². The Morgan fingerprint density at radius 3 is 2.36 bits per heavy atom. The smallest absolute Gasteiger partial charge is 0.416 e. The summed E-state index contributed by atoms with van der Waals surface area (Å²) in [5, 5.41) is 6.19. The molecule has 42 heavy (non-hydrogen) atoms. The molecule has 0 aliphatic carbocycles. The van der Waals surface area contributed by atoms with Crippen LogP contribution >= 0.6 is 11.3 Å². The molecule has 2 aliphatic rings. The van der Waals surface area contributed by atoms with Gasteiger partial charge in [0.1, 0.15) is 0 Å². The van der Waals surface area contributed by atoms with Crippen LogP contribution in [-0.4, -0.2) is 39.5 Å². The van der Waals surface area contributed by atoms with Crippen molar-refractivity contribution in [3.8, 4) is 5.88 Å². The number of thiazole rings is 1. The molecule has 2 amide bonds. The molecule has 8 nitrogen and oxygen atoms in total. The molecule has 1 unspecified atom stereocenters. The van der Waals surface area contributed by atoms with Gasteiger partial charge < -0.3 is 15.0 Å². The first-order valence-electron chi connectivity index (χ1n) is 12.8. The van der Waals surface area contributed by atoms with Crippen LogP contribution in [-0.2, 0) is 38.3 Å². The van der Waals surface area contributed by atoms with E-state index < -0.39 is 35.6 Å². The Morgan fingerprint density at radius 2 is 1.67 bits per heavy atom. The van der Waals surface area contributed by atoms with Gasteiger partial charge >= 0.3 is 18.4 Å². The summed E-state index contributed by atoms with van der Waals surface area (Å²) in [6, 6.07) is 6.23. The average Bonchev–Trinajstić information content (AvgIpc) is 3.36. The molecule has 0 radical (unpaired) electrons. The molecule has 2 aromatic carbocycles. The molecule has 2 aromatic heterocycles. The number of hydrogen-bond donors (Lipinski definition) is 2. The van der Waals surface area contributed by atoms with Gasteiger partial charge in [0, 0.05) is 19.6 Å². The van der Waals surface area contributed by atoms with E-state index in [1.54, 1.807) is 0 Å². The van der Waals surface area contributed by atoms with Gasteiger partial charge in [0.25, 0.3) is 0 Å². The van der Waals surface area contributed by atoms with Crippen molar-refractivity contribution in [2.75, 3.05) is 19.0 Å². The molecule has 2 N–H and O–H groups in total. The number of alkyl halides is 6. The lowest BCUT2D eigenvalue weighted by atomic mass is 9.93. The summed E-state index contributed by atoms with van der Waals surface area (Å²) >= 11 is 1.08. The number of carbonyl (C=O) groups excluding carboxylic acids is 1. The molecule has 1 atom stereocenters. The van der Waals surface area contributed by atoms with Crippen molar-refractivity contribution in [3.05, 3.63) is 75.6 Å².